The minimum absolute atomic E-state index is 0.305. The molecule has 0 aromatic heterocycles. The molecule has 0 heterocycles. The molecule has 134 valence electrons. The van der Waals surface area contributed by atoms with Crippen molar-refractivity contribution in [2.45, 2.75) is 71.1 Å². The Morgan fingerprint density at radius 2 is 1.68 bits per heavy atom. The predicted octanol–water partition coefficient (Wildman–Crippen LogP) is 6.17. The van der Waals surface area contributed by atoms with Gasteiger partial charge in [-0.2, -0.15) is 0 Å². The van der Waals surface area contributed by atoms with Crippen LogP contribution in [0.3, 0.4) is 0 Å². The van der Waals surface area contributed by atoms with E-state index in [4.69, 9.17) is 0 Å². The van der Waals surface area contributed by atoms with Gasteiger partial charge in [0.25, 0.3) is 0 Å². The van der Waals surface area contributed by atoms with Gasteiger partial charge in [-0.05, 0) is 71.9 Å². The molecule has 2 nitrogen and oxygen atoms in total. The predicted molar refractivity (Wildman–Crippen MR) is 104 cm³/mol. The van der Waals surface area contributed by atoms with Gasteiger partial charge in [0.15, 0.2) is 0 Å². The van der Waals surface area contributed by atoms with Gasteiger partial charge >= 0.3 is 0 Å². The van der Waals surface area contributed by atoms with Crippen molar-refractivity contribution in [1.82, 2.24) is 0 Å². The Labute approximate surface area is 151 Å². The molecule has 0 bridgehead atoms. The number of phenols is 2. The van der Waals surface area contributed by atoms with Crippen molar-refractivity contribution >= 4 is 0 Å². The van der Waals surface area contributed by atoms with Gasteiger partial charge in [-0.15, -0.1) is 0 Å². The zero-order valence-corrected chi connectivity index (χ0v) is 15.7. The molecule has 2 N–H and O–H groups in total. The Hall–Kier alpha value is -1.96. The fraction of sp³-hybridized carbons (Fsp3) is 0.478. The van der Waals surface area contributed by atoms with Crippen molar-refractivity contribution in [3.63, 3.8) is 0 Å². The van der Waals surface area contributed by atoms with Crippen LogP contribution in [0.2, 0.25) is 0 Å². The second-order valence-electron chi connectivity index (χ2n) is 7.91. The number of phenolic OH excluding ortho intramolecular Hbond substituents is 2. The van der Waals surface area contributed by atoms with E-state index in [1.165, 1.54) is 43.2 Å². The molecular weight excluding hydrogens is 308 g/mol. The Balaban J connectivity index is 1.90. The topological polar surface area (TPSA) is 40.5 Å². The van der Waals surface area contributed by atoms with E-state index in [-0.39, 0.29) is 0 Å². The minimum Gasteiger partial charge on any atom is -0.508 e. The minimum atomic E-state index is 0.305. The molecule has 1 saturated carbocycles. The van der Waals surface area contributed by atoms with Crippen molar-refractivity contribution in [2.75, 3.05) is 0 Å². The molecule has 1 aliphatic rings. The largest absolute Gasteiger partial charge is 0.508 e. The van der Waals surface area contributed by atoms with E-state index >= 15 is 0 Å². The average molecular weight is 338 g/mol. The highest BCUT2D eigenvalue weighted by Gasteiger charge is 2.20. The molecule has 2 heteroatoms. The van der Waals surface area contributed by atoms with E-state index in [1.54, 1.807) is 6.07 Å². The average Bonchev–Trinajstić information content (AvgIpc) is 2.60. The Morgan fingerprint density at radius 3 is 2.36 bits per heavy atom. The molecule has 0 amide bonds. The summed E-state index contributed by atoms with van der Waals surface area (Å²) >= 11 is 0. The van der Waals surface area contributed by atoms with Crippen LogP contribution in [0, 0.1) is 6.92 Å². The molecule has 0 unspecified atom stereocenters. The third kappa shape index (κ3) is 4.00. The smallest absolute Gasteiger partial charge is 0.121 e. The molecule has 3 rings (SSSR count). The highest BCUT2D eigenvalue weighted by Crippen LogP contribution is 2.39. The molecule has 0 aliphatic heterocycles. The first-order chi connectivity index (χ1) is 12.0. The lowest BCUT2D eigenvalue weighted by Crippen LogP contribution is -2.06. The van der Waals surface area contributed by atoms with Gasteiger partial charge < -0.3 is 10.2 Å². The number of aromatic hydroxyl groups is 2. The molecule has 2 aromatic carbocycles. The Bertz CT molecular complexity index is 740. The summed E-state index contributed by atoms with van der Waals surface area (Å²) in [6, 6.07) is 10.2. The van der Waals surface area contributed by atoms with Crippen molar-refractivity contribution in [2.24, 2.45) is 0 Å². The fourth-order valence-electron chi connectivity index (χ4n) is 4.12. The van der Waals surface area contributed by atoms with Crippen LogP contribution in [0.4, 0.5) is 0 Å². The number of hydrogen-bond acceptors (Lipinski definition) is 2. The first kappa shape index (κ1) is 17.8. The maximum absolute atomic E-state index is 10.6. The van der Waals surface area contributed by atoms with Gasteiger partial charge in [0, 0.05) is 0 Å². The Kier molecular flexibility index (Phi) is 5.36. The van der Waals surface area contributed by atoms with Crippen molar-refractivity contribution < 1.29 is 10.2 Å². The number of benzene rings is 2. The van der Waals surface area contributed by atoms with Gasteiger partial charge in [-0.1, -0.05) is 57.4 Å². The molecular formula is C23H30O2. The summed E-state index contributed by atoms with van der Waals surface area (Å²) in [6.07, 6.45) is 7.06. The van der Waals surface area contributed by atoms with Crippen molar-refractivity contribution in [3.05, 3.63) is 58.1 Å². The summed E-state index contributed by atoms with van der Waals surface area (Å²) in [4.78, 5) is 0. The maximum atomic E-state index is 10.6. The summed E-state index contributed by atoms with van der Waals surface area (Å²) < 4.78 is 0. The lowest BCUT2D eigenvalue weighted by molar-refractivity contribution is 0.412. The van der Waals surface area contributed by atoms with Crippen LogP contribution in [0.1, 0.15) is 85.6 Å². The maximum Gasteiger partial charge on any atom is 0.121 e. The zero-order chi connectivity index (χ0) is 18.0. The molecule has 0 spiro atoms. The zero-order valence-electron chi connectivity index (χ0n) is 15.7. The van der Waals surface area contributed by atoms with Crippen molar-refractivity contribution in [1.29, 1.82) is 0 Å². The SMILES string of the molecule is Cc1cc(Cc2ccc(O)c(C(C)C)c2)cc(C2CCCCC2)c1O. The van der Waals surface area contributed by atoms with Crippen LogP contribution >= 0.6 is 0 Å². The summed E-state index contributed by atoms with van der Waals surface area (Å²) in [5.74, 6) is 1.67. The molecule has 0 radical (unpaired) electrons. The van der Waals surface area contributed by atoms with E-state index in [0.29, 0.717) is 23.3 Å². The summed E-state index contributed by atoms with van der Waals surface area (Å²) in [5, 5.41) is 20.6. The van der Waals surface area contributed by atoms with Crippen LogP contribution in [-0.4, -0.2) is 10.2 Å². The molecule has 25 heavy (non-hydrogen) atoms. The Morgan fingerprint density at radius 1 is 0.960 bits per heavy atom. The molecule has 1 fully saturated rings. The van der Waals surface area contributed by atoms with E-state index < -0.39 is 0 Å². The van der Waals surface area contributed by atoms with Gasteiger partial charge in [0.2, 0.25) is 0 Å². The molecule has 2 aromatic rings. The highest BCUT2D eigenvalue weighted by atomic mass is 16.3. The monoisotopic (exact) mass is 338 g/mol. The van der Waals surface area contributed by atoms with Crippen LogP contribution in [0.15, 0.2) is 30.3 Å². The third-order valence-electron chi connectivity index (χ3n) is 5.56. The molecule has 1 aliphatic carbocycles. The van der Waals surface area contributed by atoms with Crippen LogP contribution in [-0.2, 0) is 6.42 Å². The number of aryl methyl sites for hydroxylation is 1. The van der Waals surface area contributed by atoms with E-state index in [2.05, 4.69) is 32.0 Å². The highest BCUT2D eigenvalue weighted by molar-refractivity contribution is 5.47. The van der Waals surface area contributed by atoms with Crippen LogP contribution < -0.4 is 0 Å². The standard InChI is InChI=1S/C23H30O2/c1-15(2)20-13-17(9-10-22(20)24)12-18-11-16(3)23(25)21(14-18)19-7-5-4-6-8-19/h9-11,13-15,19,24-25H,4-8,12H2,1-3H3. The normalized spacial score (nSPS) is 15.7. The van der Waals surface area contributed by atoms with Gasteiger partial charge in [0.1, 0.15) is 11.5 Å². The molecule has 0 saturated heterocycles. The lowest BCUT2D eigenvalue weighted by Gasteiger charge is -2.24. The summed E-state index contributed by atoms with van der Waals surface area (Å²) in [7, 11) is 0. The van der Waals surface area contributed by atoms with Crippen LogP contribution in [0.25, 0.3) is 0 Å². The van der Waals surface area contributed by atoms with Crippen LogP contribution in [0.5, 0.6) is 11.5 Å². The summed E-state index contributed by atoms with van der Waals surface area (Å²) in [6.45, 7) is 6.21. The van der Waals surface area contributed by atoms with Gasteiger partial charge in [-0.3, -0.25) is 0 Å². The van der Waals surface area contributed by atoms with E-state index in [0.717, 1.165) is 23.1 Å². The third-order valence-corrected chi connectivity index (χ3v) is 5.56. The fourth-order valence-corrected chi connectivity index (χ4v) is 4.12. The van der Waals surface area contributed by atoms with Gasteiger partial charge in [-0.25, -0.2) is 0 Å². The van der Waals surface area contributed by atoms with Gasteiger partial charge in [0.05, 0.1) is 0 Å². The first-order valence-electron chi connectivity index (χ1n) is 9.60. The van der Waals surface area contributed by atoms with E-state index in [9.17, 15) is 10.2 Å². The quantitative estimate of drug-likeness (QED) is 0.700. The second-order valence-corrected chi connectivity index (χ2v) is 7.91. The first-order valence-corrected chi connectivity index (χ1v) is 9.60. The number of rotatable bonds is 4. The molecule has 0 atom stereocenters. The van der Waals surface area contributed by atoms with E-state index in [1.807, 2.05) is 13.0 Å². The lowest BCUT2D eigenvalue weighted by atomic mass is 9.82. The second kappa shape index (κ2) is 7.51. The number of hydrogen-bond donors (Lipinski definition) is 2. The van der Waals surface area contributed by atoms with Crippen molar-refractivity contribution in [3.8, 4) is 11.5 Å². The summed E-state index contributed by atoms with van der Waals surface area (Å²) in [5.41, 5.74) is 5.57.